The van der Waals surface area contributed by atoms with Crippen molar-refractivity contribution in [2.24, 2.45) is 20.8 Å². The zero-order valence-electron chi connectivity index (χ0n) is 26.9. The Morgan fingerprint density at radius 2 is 0.955 bits per heavy atom. The second-order valence-corrected chi connectivity index (χ2v) is 13.9. The number of benzene rings is 2. The van der Waals surface area contributed by atoms with E-state index in [-0.39, 0.29) is 33.9 Å². The maximum atomic E-state index is 13.1. The van der Waals surface area contributed by atoms with Crippen LogP contribution in [0, 0.1) is 10.8 Å². The summed E-state index contributed by atoms with van der Waals surface area (Å²) in [6, 6.07) is 19.9. The number of aliphatic imine (C=N–C) groups is 2. The average Bonchev–Trinajstić information content (AvgIpc) is 2.93. The Labute approximate surface area is 262 Å². The van der Waals surface area contributed by atoms with Gasteiger partial charge in [0.25, 0.3) is 0 Å². The SMILES string of the molecule is CC1(C)CC(=O)C(C(Cc2ccccc2)=NCCCCCCN=C(Cc2ccccc2)C2=C(O)CC(C)(C)CC2=O)=C(O)C1. The maximum absolute atomic E-state index is 13.1. The van der Waals surface area contributed by atoms with Gasteiger partial charge in [-0.1, -0.05) is 101 Å². The predicted molar refractivity (Wildman–Crippen MR) is 179 cm³/mol. The first kappa shape index (κ1) is 33.1. The molecular formula is C38H48N2O4. The van der Waals surface area contributed by atoms with Crippen molar-refractivity contribution in [3.05, 3.63) is 94.5 Å². The lowest BCUT2D eigenvalue weighted by atomic mass is 9.75. The zero-order chi connectivity index (χ0) is 31.7. The smallest absolute Gasteiger partial charge is 0.168 e. The second kappa shape index (κ2) is 14.8. The van der Waals surface area contributed by atoms with E-state index in [2.05, 4.69) is 0 Å². The van der Waals surface area contributed by atoms with Crippen LogP contribution in [0.1, 0.15) is 90.2 Å². The quantitative estimate of drug-likeness (QED) is 0.179. The van der Waals surface area contributed by atoms with Gasteiger partial charge in [0.15, 0.2) is 11.6 Å². The zero-order valence-corrected chi connectivity index (χ0v) is 26.9. The molecule has 0 fully saturated rings. The molecule has 0 saturated heterocycles. The van der Waals surface area contributed by atoms with E-state index in [0.717, 1.165) is 36.8 Å². The van der Waals surface area contributed by atoms with Crippen molar-refractivity contribution in [2.45, 2.75) is 91.9 Å². The fraction of sp³-hybridized carbons (Fsp3) is 0.474. The van der Waals surface area contributed by atoms with E-state index in [4.69, 9.17) is 9.98 Å². The van der Waals surface area contributed by atoms with Gasteiger partial charge < -0.3 is 10.2 Å². The van der Waals surface area contributed by atoms with Crippen LogP contribution in [-0.2, 0) is 22.4 Å². The Morgan fingerprint density at radius 1 is 0.591 bits per heavy atom. The highest BCUT2D eigenvalue weighted by atomic mass is 16.3. The third kappa shape index (κ3) is 9.35. The Hall–Kier alpha value is -3.80. The molecule has 0 atom stereocenters. The lowest BCUT2D eigenvalue weighted by Crippen LogP contribution is -2.30. The first-order valence-corrected chi connectivity index (χ1v) is 16.0. The molecule has 0 saturated carbocycles. The average molecular weight is 597 g/mol. The highest BCUT2D eigenvalue weighted by Gasteiger charge is 2.36. The van der Waals surface area contributed by atoms with Crippen LogP contribution in [0.5, 0.6) is 0 Å². The largest absolute Gasteiger partial charge is 0.511 e. The van der Waals surface area contributed by atoms with Gasteiger partial charge in [-0.15, -0.1) is 0 Å². The van der Waals surface area contributed by atoms with Crippen LogP contribution < -0.4 is 0 Å². The molecule has 0 heterocycles. The number of rotatable bonds is 13. The van der Waals surface area contributed by atoms with Crippen LogP contribution in [0.15, 0.2) is 93.3 Å². The Balaban J connectivity index is 1.37. The number of carbonyl (C=O) groups excluding carboxylic acids is 2. The third-order valence-electron chi connectivity index (χ3n) is 8.38. The molecule has 44 heavy (non-hydrogen) atoms. The molecule has 0 aromatic heterocycles. The molecule has 6 heteroatoms. The first-order valence-electron chi connectivity index (χ1n) is 16.0. The van der Waals surface area contributed by atoms with Gasteiger partial charge in [-0.3, -0.25) is 19.6 Å². The summed E-state index contributed by atoms with van der Waals surface area (Å²) in [5, 5.41) is 21.7. The number of hydrogen-bond acceptors (Lipinski definition) is 6. The number of nitrogens with zero attached hydrogens (tertiary/aromatic N) is 2. The minimum atomic E-state index is -0.248. The van der Waals surface area contributed by atoms with Gasteiger partial charge >= 0.3 is 0 Å². The first-order chi connectivity index (χ1) is 20.9. The number of ketones is 2. The molecule has 234 valence electrons. The van der Waals surface area contributed by atoms with E-state index < -0.39 is 0 Å². The second-order valence-electron chi connectivity index (χ2n) is 13.9. The monoisotopic (exact) mass is 596 g/mol. The molecule has 0 aliphatic heterocycles. The molecule has 0 amide bonds. The van der Waals surface area contributed by atoms with Crippen LogP contribution in [0.4, 0.5) is 0 Å². The highest BCUT2D eigenvalue weighted by molar-refractivity contribution is 6.24. The predicted octanol–water partition coefficient (Wildman–Crippen LogP) is 8.32. The summed E-state index contributed by atoms with van der Waals surface area (Å²) < 4.78 is 0. The van der Waals surface area contributed by atoms with Crippen LogP contribution in [0.25, 0.3) is 0 Å². The van der Waals surface area contributed by atoms with Crippen LogP contribution >= 0.6 is 0 Å². The van der Waals surface area contributed by atoms with Crippen LogP contribution in [0.3, 0.4) is 0 Å². The van der Waals surface area contributed by atoms with Gasteiger partial charge in [-0.05, 0) is 34.8 Å². The standard InChI is InChI=1S/C38H48N2O4/c1-37(2)23-31(41)35(32(42)24-37)29(21-27-15-9-7-10-16-27)39-19-13-5-6-14-20-40-30(22-28-17-11-8-12-18-28)36-33(43)25-38(3,4)26-34(36)44/h7-12,15-18,41,43H,5-6,13-14,19-26H2,1-4H3. The highest BCUT2D eigenvalue weighted by Crippen LogP contribution is 2.37. The van der Waals surface area contributed by atoms with E-state index in [1.807, 2.05) is 88.4 Å². The lowest BCUT2D eigenvalue weighted by Gasteiger charge is -2.30. The van der Waals surface area contributed by atoms with E-state index in [9.17, 15) is 19.8 Å². The summed E-state index contributed by atoms with van der Waals surface area (Å²) in [6.07, 6.45) is 6.46. The fourth-order valence-corrected chi connectivity index (χ4v) is 6.26. The number of hydrogen-bond donors (Lipinski definition) is 2. The minimum absolute atomic E-state index is 0.0289. The van der Waals surface area contributed by atoms with Crippen molar-refractivity contribution < 1.29 is 19.8 Å². The number of aliphatic hydroxyl groups is 2. The van der Waals surface area contributed by atoms with Gasteiger partial charge in [0, 0.05) is 51.6 Å². The molecule has 2 aromatic carbocycles. The topological polar surface area (TPSA) is 99.3 Å². The molecule has 2 aliphatic carbocycles. The van der Waals surface area contributed by atoms with E-state index in [1.165, 1.54) is 0 Å². The van der Waals surface area contributed by atoms with Crippen molar-refractivity contribution in [1.82, 2.24) is 0 Å². The molecule has 0 unspecified atom stereocenters. The molecule has 2 N–H and O–H groups in total. The molecule has 0 bridgehead atoms. The molecule has 0 radical (unpaired) electrons. The summed E-state index contributed by atoms with van der Waals surface area (Å²) in [4.78, 5) is 35.8. The Kier molecular flexibility index (Phi) is 11.1. The summed E-state index contributed by atoms with van der Waals surface area (Å²) in [7, 11) is 0. The summed E-state index contributed by atoms with van der Waals surface area (Å²) in [5.41, 5.74) is 3.81. The lowest BCUT2D eigenvalue weighted by molar-refractivity contribution is -0.118. The van der Waals surface area contributed by atoms with Gasteiger partial charge in [-0.2, -0.15) is 0 Å². The van der Waals surface area contributed by atoms with E-state index in [0.29, 0.717) is 74.2 Å². The molecule has 2 aromatic rings. The summed E-state index contributed by atoms with van der Waals surface area (Å²) in [5.74, 6) is 0.259. The van der Waals surface area contributed by atoms with Crippen molar-refractivity contribution in [1.29, 1.82) is 0 Å². The molecule has 0 spiro atoms. The van der Waals surface area contributed by atoms with Gasteiger partial charge in [-0.25, -0.2) is 0 Å². The van der Waals surface area contributed by atoms with Crippen LogP contribution in [0.2, 0.25) is 0 Å². The van der Waals surface area contributed by atoms with Gasteiger partial charge in [0.1, 0.15) is 11.5 Å². The van der Waals surface area contributed by atoms with E-state index >= 15 is 0 Å². The van der Waals surface area contributed by atoms with Crippen LogP contribution in [-0.4, -0.2) is 46.3 Å². The minimum Gasteiger partial charge on any atom is -0.511 e. The molecule has 6 nitrogen and oxygen atoms in total. The third-order valence-corrected chi connectivity index (χ3v) is 8.38. The number of unbranched alkanes of at least 4 members (excludes halogenated alkanes) is 3. The Bertz CT molecular complexity index is 1330. The van der Waals surface area contributed by atoms with Gasteiger partial charge in [0.05, 0.1) is 22.6 Å². The van der Waals surface area contributed by atoms with Crippen molar-refractivity contribution >= 4 is 23.0 Å². The number of Topliss-reactive ketones (excluding diaryl/α,β-unsaturated/α-hetero) is 2. The van der Waals surface area contributed by atoms with Crippen molar-refractivity contribution in [2.75, 3.05) is 13.1 Å². The Morgan fingerprint density at radius 3 is 1.30 bits per heavy atom. The van der Waals surface area contributed by atoms with Gasteiger partial charge in [0.2, 0.25) is 0 Å². The molecule has 4 rings (SSSR count). The fourth-order valence-electron chi connectivity index (χ4n) is 6.26. The molecule has 2 aliphatic rings. The van der Waals surface area contributed by atoms with Crippen molar-refractivity contribution in [3.8, 4) is 0 Å². The van der Waals surface area contributed by atoms with E-state index in [1.54, 1.807) is 0 Å². The molecular weight excluding hydrogens is 548 g/mol. The number of allylic oxidation sites excluding steroid dienone is 4. The van der Waals surface area contributed by atoms with Crippen molar-refractivity contribution in [3.63, 3.8) is 0 Å². The number of aliphatic hydroxyl groups excluding tert-OH is 2. The maximum Gasteiger partial charge on any atom is 0.168 e. The number of carbonyl (C=O) groups is 2. The normalized spacial score (nSPS) is 19.1. The summed E-state index contributed by atoms with van der Waals surface area (Å²) in [6.45, 7) is 9.20. The summed E-state index contributed by atoms with van der Waals surface area (Å²) >= 11 is 0.